The van der Waals surface area contributed by atoms with E-state index in [4.69, 9.17) is 37.7 Å². The maximum atomic E-state index is 13.3. The molecule has 3 heterocycles. The van der Waals surface area contributed by atoms with Gasteiger partial charge >= 0.3 is 0 Å². The van der Waals surface area contributed by atoms with Crippen molar-refractivity contribution < 1.29 is 14.6 Å². The van der Waals surface area contributed by atoms with E-state index < -0.39 is 0 Å². The van der Waals surface area contributed by atoms with Crippen molar-refractivity contribution in [1.82, 2.24) is 4.90 Å². The highest BCUT2D eigenvalue weighted by Crippen LogP contribution is 2.30. The fraction of sp³-hybridized carbons (Fsp3) is 0.552. The van der Waals surface area contributed by atoms with Crippen molar-refractivity contribution in [2.45, 2.75) is 50.7 Å². The van der Waals surface area contributed by atoms with Crippen LogP contribution in [0.4, 0.5) is 5.69 Å². The number of hydrogen-bond donors (Lipinski definition) is 0. The van der Waals surface area contributed by atoms with Gasteiger partial charge in [0.25, 0.3) is 0 Å². The Morgan fingerprint density at radius 2 is 1.78 bits per heavy atom. The molecule has 3 aliphatic heterocycles. The Morgan fingerprint density at radius 1 is 1.03 bits per heavy atom. The first-order valence-corrected chi connectivity index (χ1v) is 14.3. The Bertz CT molecular complexity index is 1050. The van der Waals surface area contributed by atoms with Crippen LogP contribution in [0.5, 0.6) is 5.75 Å². The zero-order chi connectivity index (χ0) is 25.6. The fourth-order valence-corrected chi connectivity index (χ4v) is 5.93. The molecule has 0 N–H and O–H groups in total. The van der Waals surface area contributed by atoms with Gasteiger partial charge in [-0.3, -0.25) is 0 Å². The SMILES string of the molecule is [O-]C(=NC(Cc1ccc(OC2CCOCC2)c(Cl)c1)CN1CCCC1)[C@@H]1CCN(c2ccc(Cl)cc2)C1. The molecule has 0 bridgehead atoms. The summed E-state index contributed by atoms with van der Waals surface area (Å²) in [6.45, 7) is 5.97. The molecule has 3 saturated heterocycles. The summed E-state index contributed by atoms with van der Waals surface area (Å²) in [6.07, 6.45) is 5.85. The van der Waals surface area contributed by atoms with E-state index in [0.717, 1.165) is 80.7 Å². The number of rotatable bonds is 9. The Labute approximate surface area is 230 Å². The van der Waals surface area contributed by atoms with Crippen molar-refractivity contribution in [2.24, 2.45) is 10.9 Å². The lowest BCUT2D eigenvalue weighted by molar-refractivity contribution is -0.223. The van der Waals surface area contributed by atoms with Crippen LogP contribution in [0.3, 0.4) is 0 Å². The molecule has 0 radical (unpaired) electrons. The van der Waals surface area contributed by atoms with Crippen molar-refractivity contribution in [3.05, 3.63) is 58.1 Å². The first kappa shape index (κ1) is 26.6. The summed E-state index contributed by atoms with van der Waals surface area (Å²) < 4.78 is 11.6. The van der Waals surface area contributed by atoms with Crippen LogP contribution in [-0.2, 0) is 11.2 Å². The molecule has 5 rings (SSSR count). The average Bonchev–Trinajstić information content (AvgIpc) is 3.60. The molecule has 0 aliphatic carbocycles. The molecule has 3 aliphatic rings. The first-order chi connectivity index (χ1) is 18.0. The van der Waals surface area contributed by atoms with Gasteiger partial charge in [0.15, 0.2) is 0 Å². The van der Waals surface area contributed by atoms with Crippen LogP contribution < -0.4 is 14.7 Å². The van der Waals surface area contributed by atoms with E-state index in [-0.39, 0.29) is 24.0 Å². The monoisotopic (exact) mass is 544 g/mol. The third-order valence-electron chi connectivity index (χ3n) is 7.64. The first-order valence-electron chi connectivity index (χ1n) is 13.5. The molecule has 0 aromatic heterocycles. The molecular formula is C29H36Cl2N3O3-. The van der Waals surface area contributed by atoms with Gasteiger partial charge in [0, 0.05) is 49.1 Å². The van der Waals surface area contributed by atoms with Crippen LogP contribution in [0, 0.1) is 5.92 Å². The van der Waals surface area contributed by atoms with Crippen LogP contribution in [-0.4, -0.2) is 68.9 Å². The highest BCUT2D eigenvalue weighted by atomic mass is 35.5. The quantitative estimate of drug-likeness (QED) is 0.333. The summed E-state index contributed by atoms with van der Waals surface area (Å²) in [6, 6.07) is 13.7. The highest BCUT2D eigenvalue weighted by Gasteiger charge is 2.25. The molecule has 2 atom stereocenters. The second-order valence-corrected chi connectivity index (χ2v) is 11.3. The molecule has 0 saturated carbocycles. The second-order valence-electron chi connectivity index (χ2n) is 10.4. The van der Waals surface area contributed by atoms with Crippen LogP contribution in [0.2, 0.25) is 10.0 Å². The van der Waals surface area contributed by atoms with Crippen molar-refractivity contribution in [1.29, 1.82) is 0 Å². The van der Waals surface area contributed by atoms with E-state index in [2.05, 4.69) is 15.9 Å². The van der Waals surface area contributed by atoms with Crippen molar-refractivity contribution >= 4 is 34.8 Å². The predicted octanol–water partition coefficient (Wildman–Crippen LogP) is 4.84. The molecule has 1 unspecified atom stereocenters. The third-order valence-corrected chi connectivity index (χ3v) is 8.18. The standard InChI is InChI=1S/C29H37Cl2N3O3/c30-23-4-6-25(7-5-23)34-14-9-22(19-34)29(35)32-24(20-33-12-1-2-13-33)17-21-3-8-28(27(31)18-21)37-26-10-15-36-16-11-26/h3-8,18,22,24,26H,1-2,9-17,19-20H2,(H,32,35)/p-1/t22-,24?/m1/s1. The zero-order valence-corrected chi connectivity index (χ0v) is 22.8. The lowest BCUT2D eigenvalue weighted by Gasteiger charge is -2.26. The molecule has 200 valence electrons. The van der Waals surface area contributed by atoms with Crippen LogP contribution in [0.15, 0.2) is 47.5 Å². The summed E-state index contributed by atoms with van der Waals surface area (Å²) in [5.74, 6) is 0.663. The maximum absolute atomic E-state index is 13.3. The molecule has 0 spiro atoms. The maximum Gasteiger partial charge on any atom is 0.138 e. The number of benzene rings is 2. The lowest BCUT2D eigenvalue weighted by Crippen LogP contribution is -2.36. The van der Waals surface area contributed by atoms with E-state index >= 15 is 0 Å². The third kappa shape index (κ3) is 7.32. The molecule has 8 heteroatoms. The smallest absolute Gasteiger partial charge is 0.138 e. The van der Waals surface area contributed by atoms with Crippen molar-refractivity contribution in [3.63, 3.8) is 0 Å². The summed E-state index contributed by atoms with van der Waals surface area (Å²) in [5, 5.41) is 14.6. The largest absolute Gasteiger partial charge is 0.862 e. The molecule has 2 aromatic carbocycles. The van der Waals surface area contributed by atoms with Gasteiger partial charge in [-0.15, -0.1) is 0 Å². The van der Waals surface area contributed by atoms with Gasteiger partial charge in [-0.25, -0.2) is 0 Å². The Kier molecular flexibility index (Phi) is 9.14. The summed E-state index contributed by atoms with van der Waals surface area (Å²) in [4.78, 5) is 9.47. The summed E-state index contributed by atoms with van der Waals surface area (Å²) >= 11 is 12.7. The fourth-order valence-electron chi connectivity index (χ4n) is 5.56. The zero-order valence-electron chi connectivity index (χ0n) is 21.3. The van der Waals surface area contributed by atoms with Crippen LogP contribution in [0.1, 0.15) is 37.7 Å². The van der Waals surface area contributed by atoms with Crippen molar-refractivity contribution in [2.75, 3.05) is 50.8 Å². The Balaban J connectivity index is 1.25. The number of anilines is 1. The van der Waals surface area contributed by atoms with Crippen molar-refractivity contribution in [3.8, 4) is 5.75 Å². The number of likely N-dealkylation sites (tertiary alicyclic amines) is 1. The molecule has 37 heavy (non-hydrogen) atoms. The minimum Gasteiger partial charge on any atom is -0.862 e. The van der Waals surface area contributed by atoms with Gasteiger partial charge in [0.2, 0.25) is 0 Å². The number of aliphatic imine (C=N–C) groups is 1. The van der Waals surface area contributed by atoms with Gasteiger partial charge in [0.1, 0.15) is 11.9 Å². The number of hydrogen-bond acceptors (Lipinski definition) is 6. The van der Waals surface area contributed by atoms with Crippen LogP contribution in [0.25, 0.3) is 0 Å². The van der Waals surface area contributed by atoms with Gasteiger partial charge in [-0.05, 0) is 86.6 Å². The number of nitrogens with zero attached hydrogens (tertiary/aromatic N) is 3. The van der Waals surface area contributed by atoms with Gasteiger partial charge in [0.05, 0.1) is 24.3 Å². The predicted molar refractivity (Wildman–Crippen MR) is 148 cm³/mol. The molecular weight excluding hydrogens is 509 g/mol. The van der Waals surface area contributed by atoms with Gasteiger partial charge in [-0.1, -0.05) is 29.3 Å². The van der Waals surface area contributed by atoms with E-state index in [1.165, 1.54) is 12.8 Å². The number of halogens is 2. The molecule has 2 aromatic rings. The molecule has 0 amide bonds. The highest BCUT2D eigenvalue weighted by molar-refractivity contribution is 6.32. The summed E-state index contributed by atoms with van der Waals surface area (Å²) in [5.41, 5.74) is 2.19. The van der Waals surface area contributed by atoms with Gasteiger partial charge < -0.3 is 29.4 Å². The molecule has 6 nitrogen and oxygen atoms in total. The Morgan fingerprint density at radius 3 is 2.51 bits per heavy atom. The lowest BCUT2D eigenvalue weighted by atomic mass is 10.0. The van der Waals surface area contributed by atoms with Crippen LogP contribution >= 0.6 is 23.2 Å². The van der Waals surface area contributed by atoms with E-state index in [0.29, 0.717) is 18.0 Å². The number of ether oxygens (including phenoxy) is 2. The normalized spacial score (nSPS) is 22.5. The van der Waals surface area contributed by atoms with Gasteiger partial charge in [-0.2, -0.15) is 0 Å². The van der Waals surface area contributed by atoms with E-state index in [1.807, 2.05) is 36.4 Å². The topological polar surface area (TPSA) is 60.4 Å². The Hall–Kier alpha value is -1.99. The van der Waals surface area contributed by atoms with E-state index in [9.17, 15) is 5.11 Å². The molecule has 3 fully saturated rings. The average molecular weight is 546 g/mol. The second kappa shape index (κ2) is 12.7. The summed E-state index contributed by atoms with van der Waals surface area (Å²) in [7, 11) is 0. The minimum atomic E-state index is -0.0893. The minimum absolute atomic E-state index is 0.0197. The van der Waals surface area contributed by atoms with E-state index in [1.54, 1.807) is 0 Å².